The Balaban J connectivity index is 1.99. The lowest BCUT2D eigenvalue weighted by Crippen LogP contribution is -2.29. The van der Waals surface area contributed by atoms with E-state index in [1.54, 1.807) is 24.3 Å². The number of benzene rings is 2. The van der Waals surface area contributed by atoms with Gasteiger partial charge in [-0.1, -0.05) is 24.6 Å². The number of amides is 1. The Morgan fingerprint density at radius 3 is 2.24 bits per heavy atom. The van der Waals surface area contributed by atoms with Crippen LogP contribution < -0.4 is 10.0 Å². The number of halogens is 2. The first-order valence-electron chi connectivity index (χ1n) is 7.49. The van der Waals surface area contributed by atoms with Crippen molar-refractivity contribution < 1.29 is 22.0 Å². The van der Waals surface area contributed by atoms with Gasteiger partial charge in [-0.15, -0.1) is 0 Å². The van der Waals surface area contributed by atoms with Crippen LogP contribution in [0.15, 0.2) is 42.5 Å². The van der Waals surface area contributed by atoms with Crippen molar-refractivity contribution >= 4 is 27.3 Å². The highest BCUT2D eigenvalue weighted by Crippen LogP contribution is 2.16. The first-order chi connectivity index (χ1) is 11.7. The van der Waals surface area contributed by atoms with Crippen molar-refractivity contribution in [2.45, 2.75) is 13.8 Å². The van der Waals surface area contributed by atoms with Crippen molar-refractivity contribution in [1.82, 2.24) is 0 Å². The SMILES string of the molecule is Cc1ccc(NS(=O)(=O)CC(C)C(=O)Nc2ccc(F)c(F)c2)cc1. The summed E-state index contributed by atoms with van der Waals surface area (Å²) >= 11 is 0. The summed E-state index contributed by atoms with van der Waals surface area (Å²) in [5, 5.41) is 2.37. The van der Waals surface area contributed by atoms with Crippen LogP contribution in [0.3, 0.4) is 0 Å². The number of carbonyl (C=O) groups excluding carboxylic acids is 1. The molecule has 5 nitrogen and oxygen atoms in total. The first kappa shape index (κ1) is 18.9. The van der Waals surface area contributed by atoms with Gasteiger partial charge < -0.3 is 5.32 Å². The molecule has 0 aliphatic rings. The van der Waals surface area contributed by atoms with Crippen LogP contribution in [0.1, 0.15) is 12.5 Å². The van der Waals surface area contributed by atoms with Gasteiger partial charge in [0.1, 0.15) is 0 Å². The fraction of sp³-hybridized carbons (Fsp3) is 0.235. The van der Waals surface area contributed by atoms with Crippen LogP contribution in [0, 0.1) is 24.5 Å². The van der Waals surface area contributed by atoms with Crippen LogP contribution >= 0.6 is 0 Å². The van der Waals surface area contributed by atoms with Gasteiger partial charge in [0.2, 0.25) is 15.9 Å². The molecule has 0 radical (unpaired) electrons. The molecule has 8 heteroatoms. The smallest absolute Gasteiger partial charge is 0.233 e. The second-order valence-corrected chi connectivity index (χ2v) is 7.54. The maximum atomic E-state index is 13.1. The Morgan fingerprint density at radius 1 is 1.04 bits per heavy atom. The molecule has 2 aromatic rings. The quantitative estimate of drug-likeness (QED) is 0.822. The predicted molar refractivity (Wildman–Crippen MR) is 92.7 cm³/mol. The van der Waals surface area contributed by atoms with Crippen molar-refractivity contribution in [3.8, 4) is 0 Å². The van der Waals surface area contributed by atoms with Gasteiger partial charge in [0.15, 0.2) is 11.6 Å². The maximum absolute atomic E-state index is 13.1. The van der Waals surface area contributed by atoms with E-state index >= 15 is 0 Å². The number of sulfonamides is 1. The molecule has 2 rings (SSSR count). The van der Waals surface area contributed by atoms with Gasteiger partial charge in [-0.05, 0) is 31.2 Å². The monoisotopic (exact) mass is 368 g/mol. The highest BCUT2D eigenvalue weighted by molar-refractivity contribution is 7.92. The second-order valence-electron chi connectivity index (χ2n) is 5.77. The Hall–Kier alpha value is -2.48. The molecule has 0 fully saturated rings. The minimum Gasteiger partial charge on any atom is -0.326 e. The summed E-state index contributed by atoms with van der Waals surface area (Å²) in [6.07, 6.45) is 0. The van der Waals surface area contributed by atoms with Crippen LogP contribution in [0.2, 0.25) is 0 Å². The fourth-order valence-corrected chi connectivity index (χ4v) is 3.48. The molecule has 1 atom stereocenters. The van der Waals surface area contributed by atoms with Crippen LogP contribution in [0.25, 0.3) is 0 Å². The molecule has 2 N–H and O–H groups in total. The number of anilines is 2. The average molecular weight is 368 g/mol. The Bertz CT molecular complexity index is 868. The minimum atomic E-state index is -3.74. The molecule has 0 aliphatic carbocycles. The van der Waals surface area contributed by atoms with E-state index in [-0.39, 0.29) is 5.69 Å². The highest BCUT2D eigenvalue weighted by atomic mass is 32.2. The van der Waals surface area contributed by atoms with Gasteiger partial charge in [0.25, 0.3) is 0 Å². The molecule has 0 aliphatic heterocycles. The molecule has 1 unspecified atom stereocenters. The zero-order valence-corrected chi connectivity index (χ0v) is 14.5. The number of aryl methyl sites for hydroxylation is 1. The number of hydrogen-bond donors (Lipinski definition) is 2. The van der Waals surface area contributed by atoms with Crippen molar-refractivity contribution in [2.75, 3.05) is 15.8 Å². The van der Waals surface area contributed by atoms with E-state index in [0.717, 1.165) is 17.7 Å². The summed E-state index contributed by atoms with van der Waals surface area (Å²) in [6, 6.07) is 9.68. The van der Waals surface area contributed by atoms with E-state index in [1.165, 1.54) is 13.0 Å². The normalized spacial score (nSPS) is 12.5. The van der Waals surface area contributed by atoms with Crippen LogP contribution in [-0.4, -0.2) is 20.1 Å². The summed E-state index contributed by atoms with van der Waals surface area (Å²) in [7, 11) is -3.74. The van der Waals surface area contributed by atoms with Crippen molar-refractivity contribution in [1.29, 1.82) is 0 Å². The van der Waals surface area contributed by atoms with Gasteiger partial charge in [-0.25, -0.2) is 17.2 Å². The number of carbonyl (C=O) groups is 1. The molecule has 134 valence electrons. The molecule has 0 saturated heterocycles. The van der Waals surface area contributed by atoms with Gasteiger partial charge in [0.05, 0.1) is 11.7 Å². The predicted octanol–water partition coefficient (Wildman–Crippen LogP) is 3.29. The lowest BCUT2D eigenvalue weighted by molar-refractivity contribution is -0.118. The third-order valence-corrected chi connectivity index (χ3v) is 4.91. The Morgan fingerprint density at radius 2 is 1.64 bits per heavy atom. The van der Waals surface area contributed by atoms with Crippen LogP contribution in [0.4, 0.5) is 20.2 Å². The molecular formula is C17H18F2N2O3S. The number of rotatable bonds is 6. The van der Waals surface area contributed by atoms with E-state index in [0.29, 0.717) is 5.69 Å². The largest absolute Gasteiger partial charge is 0.326 e. The second kappa shape index (κ2) is 7.60. The van der Waals surface area contributed by atoms with Crippen LogP contribution in [-0.2, 0) is 14.8 Å². The minimum absolute atomic E-state index is 0.0552. The zero-order chi connectivity index (χ0) is 18.6. The van der Waals surface area contributed by atoms with Crippen molar-refractivity contribution in [2.24, 2.45) is 5.92 Å². The van der Waals surface area contributed by atoms with Gasteiger partial charge in [0, 0.05) is 17.4 Å². The lowest BCUT2D eigenvalue weighted by Gasteiger charge is -2.14. The number of nitrogens with one attached hydrogen (secondary N) is 2. The molecule has 1 amide bonds. The Labute approximate surface area is 145 Å². The first-order valence-corrected chi connectivity index (χ1v) is 9.14. The van der Waals surface area contributed by atoms with E-state index in [2.05, 4.69) is 10.0 Å². The van der Waals surface area contributed by atoms with Crippen molar-refractivity contribution in [3.05, 3.63) is 59.7 Å². The molecule has 25 heavy (non-hydrogen) atoms. The molecular weight excluding hydrogens is 350 g/mol. The molecule has 0 aromatic heterocycles. The molecule has 0 saturated carbocycles. The van der Waals surface area contributed by atoms with Crippen molar-refractivity contribution in [3.63, 3.8) is 0 Å². The van der Waals surface area contributed by atoms with E-state index in [4.69, 9.17) is 0 Å². The van der Waals surface area contributed by atoms with Gasteiger partial charge in [-0.2, -0.15) is 0 Å². The summed E-state index contributed by atoms with van der Waals surface area (Å²) < 4.78 is 52.7. The standard InChI is InChI=1S/C17H18F2N2O3S/c1-11-3-5-13(6-4-11)21-25(23,24)10-12(2)17(22)20-14-7-8-15(18)16(19)9-14/h3-9,12,21H,10H2,1-2H3,(H,20,22). The summed E-state index contributed by atoms with van der Waals surface area (Å²) in [5.41, 5.74) is 1.45. The van der Waals surface area contributed by atoms with E-state index in [1.807, 2.05) is 6.92 Å². The lowest BCUT2D eigenvalue weighted by atomic mass is 10.2. The third kappa shape index (κ3) is 5.53. The van der Waals surface area contributed by atoms with E-state index < -0.39 is 39.2 Å². The van der Waals surface area contributed by atoms with E-state index in [9.17, 15) is 22.0 Å². The van der Waals surface area contributed by atoms with Gasteiger partial charge >= 0.3 is 0 Å². The maximum Gasteiger partial charge on any atom is 0.233 e. The summed E-state index contributed by atoms with van der Waals surface area (Å²) in [4.78, 5) is 12.1. The average Bonchev–Trinajstić information content (AvgIpc) is 2.52. The highest BCUT2D eigenvalue weighted by Gasteiger charge is 2.22. The molecule has 2 aromatic carbocycles. The third-order valence-electron chi connectivity index (χ3n) is 3.43. The van der Waals surface area contributed by atoms with Gasteiger partial charge in [-0.3, -0.25) is 9.52 Å². The summed E-state index contributed by atoms with van der Waals surface area (Å²) in [5.74, 6) is -4.08. The molecule has 0 spiro atoms. The number of hydrogen-bond acceptors (Lipinski definition) is 3. The Kier molecular flexibility index (Phi) is 5.73. The molecule has 0 heterocycles. The fourth-order valence-electron chi connectivity index (χ4n) is 2.09. The van der Waals surface area contributed by atoms with Crippen LogP contribution in [0.5, 0.6) is 0 Å². The zero-order valence-electron chi connectivity index (χ0n) is 13.7. The summed E-state index contributed by atoms with van der Waals surface area (Å²) in [6.45, 7) is 3.31. The topological polar surface area (TPSA) is 75.3 Å². The molecule has 0 bridgehead atoms.